The fraction of sp³-hybridized carbons (Fsp3) is 0.0769. The third-order valence-corrected chi connectivity index (χ3v) is 2.50. The summed E-state index contributed by atoms with van der Waals surface area (Å²) in [6, 6.07) is 11.0. The van der Waals surface area contributed by atoms with E-state index in [1.807, 2.05) is 6.07 Å². The van der Waals surface area contributed by atoms with E-state index in [9.17, 15) is 9.59 Å². The average molecular weight is 255 g/mol. The molecule has 0 atom stereocenters. The molecule has 2 aromatic rings. The van der Waals surface area contributed by atoms with Crippen LogP contribution in [0.25, 0.3) is 0 Å². The van der Waals surface area contributed by atoms with Crippen molar-refractivity contribution in [2.24, 2.45) is 0 Å². The Morgan fingerprint density at radius 2 is 1.95 bits per heavy atom. The first-order valence-electron chi connectivity index (χ1n) is 5.40. The van der Waals surface area contributed by atoms with Crippen LogP contribution < -0.4 is 5.56 Å². The molecule has 0 fully saturated rings. The van der Waals surface area contributed by atoms with Crippen LogP contribution in [0.1, 0.15) is 21.6 Å². The first-order valence-corrected chi connectivity index (χ1v) is 5.40. The topological polar surface area (TPSA) is 96.0 Å². The van der Waals surface area contributed by atoms with E-state index in [4.69, 9.17) is 10.4 Å². The van der Waals surface area contributed by atoms with Crippen LogP contribution >= 0.6 is 0 Å². The number of hydrogen-bond acceptors (Lipinski definition) is 4. The predicted octanol–water partition coefficient (Wildman–Crippen LogP) is 0.861. The molecule has 2 rings (SSSR count). The summed E-state index contributed by atoms with van der Waals surface area (Å²) >= 11 is 0. The van der Waals surface area contributed by atoms with E-state index in [1.54, 1.807) is 24.3 Å². The van der Waals surface area contributed by atoms with Gasteiger partial charge in [0.15, 0.2) is 5.69 Å². The molecule has 0 saturated heterocycles. The normalized spacial score (nSPS) is 9.84. The molecule has 19 heavy (non-hydrogen) atoms. The smallest absolute Gasteiger partial charge is 0.356 e. The van der Waals surface area contributed by atoms with Crippen molar-refractivity contribution in [2.75, 3.05) is 0 Å². The number of hydrogen-bond donors (Lipinski definition) is 1. The Morgan fingerprint density at radius 1 is 1.26 bits per heavy atom. The molecular weight excluding hydrogens is 246 g/mol. The SMILES string of the molecule is N#Cc1ccc(Cn2nc(C(=O)O)ccc2=O)cc1. The number of nitrogens with zero attached hydrogens (tertiary/aromatic N) is 3. The van der Waals surface area contributed by atoms with Gasteiger partial charge < -0.3 is 5.11 Å². The van der Waals surface area contributed by atoms with Crippen molar-refractivity contribution >= 4 is 5.97 Å². The van der Waals surface area contributed by atoms with E-state index >= 15 is 0 Å². The fourth-order valence-electron chi connectivity index (χ4n) is 1.53. The summed E-state index contributed by atoms with van der Waals surface area (Å²) in [5.74, 6) is -1.19. The van der Waals surface area contributed by atoms with E-state index < -0.39 is 5.97 Å². The molecule has 0 aliphatic heterocycles. The number of rotatable bonds is 3. The first-order chi connectivity index (χ1) is 9.10. The van der Waals surface area contributed by atoms with Gasteiger partial charge in [-0.25, -0.2) is 9.48 Å². The van der Waals surface area contributed by atoms with Crippen LogP contribution in [0.2, 0.25) is 0 Å². The fourth-order valence-corrected chi connectivity index (χ4v) is 1.53. The second-order valence-electron chi connectivity index (χ2n) is 3.83. The molecular formula is C13H9N3O3. The zero-order valence-electron chi connectivity index (χ0n) is 9.78. The van der Waals surface area contributed by atoms with Crippen LogP contribution in [0.5, 0.6) is 0 Å². The number of benzene rings is 1. The minimum atomic E-state index is -1.19. The maximum Gasteiger partial charge on any atom is 0.356 e. The molecule has 0 amide bonds. The Hall–Kier alpha value is -2.94. The van der Waals surface area contributed by atoms with E-state index in [1.165, 1.54) is 12.1 Å². The van der Waals surface area contributed by atoms with Crippen LogP contribution in [0.3, 0.4) is 0 Å². The maximum absolute atomic E-state index is 11.6. The summed E-state index contributed by atoms with van der Waals surface area (Å²) in [7, 11) is 0. The highest BCUT2D eigenvalue weighted by Crippen LogP contribution is 2.04. The molecule has 1 heterocycles. The average Bonchev–Trinajstić information content (AvgIpc) is 2.42. The molecule has 1 N–H and O–H groups in total. The van der Waals surface area contributed by atoms with Crippen molar-refractivity contribution in [2.45, 2.75) is 6.54 Å². The molecule has 0 aliphatic carbocycles. The van der Waals surface area contributed by atoms with Gasteiger partial charge >= 0.3 is 5.97 Å². The number of aromatic carboxylic acids is 1. The van der Waals surface area contributed by atoms with Crippen LogP contribution in [0.15, 0.2) is 41.2 Å². The van der Waals surface area contributed by atoms with Crippen LogP contribution in [-0.2, 0) is 6.54 Å². The van der Waals surface area contributed by atoms with Crippen LogP contribution in [-0.4, -0.2) is 20.9 Å². The van der Waals surface area contributed by atoms with Crippen molar-refractivity contribution in [1.82, 2.24) is 9.78 Å². The molecule has 94 valence electrons. The highest BCUT2D eigenvalue weighted by atomic mass is 16.4. The van der Waals surface area contributed by atoms with Crippen LogP contribution in [0, 0.1) is 11.3 Å². The minimum absolute atomic E-state index is 0.158. The number of nitriles is 1. The van der Waals surface area contributed by atoms with Gasteiger partial charge in [-0.15, -0.1) is 0 Å². The molecule has 0 aliphatic rings. The van der Waals surface area contributed by atoms with Crippen LogP contribution in [0.4, 0.5) is 0 Å². The second kappa shape index (κ2) is 5.14. The minimum Gasteiger partial charge on any atom is -0.476 e. The zero-order valence-corrected chi connectivity index (χ0v) is 9.78. The van der Waals surface area contributed by atoms with E-state index in [2.05, 4.69) is 5.10 Å². The molecule has 1 aromatic carbocycles. The van der Waals surface area contributed by atoms with Gasteiger partial charge in [-0.05, 0) is 23.8 Å². The molecule has 0 spiro atoms. The Bertz CT molecular complexity index is 711. The van der Waals surface area contributed by atoms with Gasteiger partial charge in [0.1, 0.15) is 0 Å². The monoisotopic (exact) mass is 255 g/mol. The van der Waals surface area contributed by atoms with Gasteiger partial charge in [-0.2, -0.15) is 10.4 Å². The van der Waals surface area contributed by atoms with E-state index in [-0.39, 0.29) is 17.8 Å². The predicted molar refractivity (Wildman–Crippen MR) is 65.7 cm³/mol. The third kappa shape index (κ3) is 2.84. The number of aromatic nitrogens is 2. The lowest BCUT2D eigenvalue weighted by Gasteiger charge is -2.05. The Labute approximate surface area is 108 Å². The summed E-state index contributed by atoms with van der Waals surface area (Å²) in [5.41, 5.74) is 0.710. The van der Waals surface area contributed by atoms with Gasteiger partial charge in [0.2, 0.25) is 0 Å². The Balaban J connectivity index is 2.32. The second-order valence-corrected chi connectivity index (χ2v) is 3.83. The van der Waals surface area contributed by atoms with Crippen molar-refractivity contribution in [3.63, 3.8) is 0 Å². The van der Waals surface area contributed by atoms with Gasteiger partial charge in [-0.3, -0.25) is 4.79 Å². The summed E-state index contributed by atoms with van der Waals surface area (Å²) in [6.45, 7) is 0.158. The lowest BCUT2D eigenvalue weighted by atomic mass is 10.1. The Morgan fingerprint density at radius 3 is 2.53 bits per heavy atom. The Kier molecular flexibility index (Phi) is 3.39. The van der Waals surface area contributed by atoms with Crippen molar-refractivity contribution in [1.29, 1.82) is 5.26 Å². The van der Waals surface area contributed by atoms with E-state index in [0.29, 0.717) is 5.56 Å². The third-order valence-electron chi connectivity index (χ3n) is 2.50. The lowest BCUT2D eigenvalue weighted by molar-refractivity contribution is 0.0687. The molecule has 6 nitrogen and oxygen atoms in total. The molecule has 6 heteroatoms. The number of carboxylic acid groups (broad SMARTS) is 1. The zero-order chi connectivity index (χ0) is 13.8. The van der Waals surface area contributed by atoms with Crippen molar-refractivity contribution in [3.8, 4) is 6.07 Å². The molecule has 0 radical (unpaired) electrons. The number of carbonyl (C=O) groups is 1. The first kappa shape index (κ1) is 12.5. The molecule has 1 aromatic heterocycles. The molecule has 0 bridgehead atoms. The lowest BCUT2D eigenvalue weighted by Crippen LogP contribution is -2.24. The molecule has 0 saturated carbocycles. The van der Waals surface area contributed by atoms with Gasteiger partial charge in [-0.1, -0.05) is 12.1 Å². The maximum atomic E-state index is 11.6. The summed E-state index contributed by atoms with van der Waals surface area (Å²) in [6.07, 6.45) is 0. The van der Waals surface area contributed by atoms with E-state index in [0.717, 1.165) is 10.2 Å². The largest absolute Gasteiger partial charge is 0.476 e. The van der Waals surface area contributed by atoms with Crippen molar-refractivity contribution in [3.05, 3.63) is 63.6 Å². The summed E-state index contributed by atoms with van der Waals surface area (Å²) in [4.78, 5) is 22.4. The van der Waals surface area contributed by atoms with Gasteiger partial charge in [0.05, 0.1) is 18.2 Å². The van der Waals surface area contributed by atoms with Gasteiger partial charge in [0.25, 0.3) is 5.56 Å². The molecule has 0 unspecified atom stereocenters. The van der Waals surface area contributed by atoms with Crippen molar-refractivity contribution < 1.29 is 9.90 Å². The standard InChI is InChI=1S/C13H9N3O3/c14-7-9-1-3-10(4-2-9)8-16-12(17)6-5-11(15-16)13(18)19/h1-6H,8H2,(H,18,19). The summed E-state index contributed by atoms with van der Waals surface area (Å²) < 4.78 is 1.07. The van der Waals surface area contributed by atoms with Gasteiger partial charge in [0, 0.05) is 6.07 Å². The quantitative estimate of drug-likeness (QED) is 0.877. The summed E-state index contributed by atoms with van der Waals surface area (Å²) in [5, 5.41) is 21.2. The highest BCUT2D eigenvalue weighted by Gasteiger charge is 2.07. The highest BCUT2D eigenvalue weighted by molar-refractivity contribution is 5.84. The number of carboxylic acids is 1.